The van der Waals surface area contributed by atoms with Crippen LogP contribution in [0.15, 0.2) is 90.6 Å². The van der Waals surface area contributed by atoms with E-state index in [9.17, 15) is 0 Å². The Kier molecular flexibility index (Phi) is 6.30. The number of hydrogen-bond donors (Lipinski definition) is 0. The Labute approximate surface area is 202 Å². The van der Waals surface area contributed by atoms with Gasteiger partial charge in [-0.25, -0.2) is 9.36 Å². The van der Waals surface area contributed by atoms with Gasteiger partial charge in [0.1, 0.15) is 0 Å². The molecular weight excluding hydrogens is 448 g/mol. The molecule has 3 aromatic heterocycles. The molecule has 0 saturated carbocycles. The van der Waals surface area contributed by atoms with Crippen molar-refractivity contribution in [3.05, 3.63) is 106 Å². The molecule has 0 unspecified atom stereocenters. The van der Waals surface area contributed by atoms with Crippen molar-refractivity contribution in [2.45, 2.75) is 19.8 Å². The van der Waals surface area contributed by atoms with E-state index < -0.39 is 0 Å². The average Bonchev–Trinajstić information content (AvgIpc) is 3.59. The Morgan fingerprint density at radius 1 is 0.939 bits per heavy atom. The molecule has 0 spiro atoms. The van der Waals surface area contributed by atoms with Gasteiger partial charge in [0, 0.05) is 18.3 Å². The second-order valence-corrected chi connectivity index (χ2v) is 9.25. The SMILES string of the molecule is CN(Cc1cnn(-c2ccccc2)c1)Cn1nc(-c2cccs2)n(Cc2ccccc2)c1=S. The highest BCUT2D eigenvalue weighted by Crippen LogP contribution is 2.24. The van der Waals surface area contributed by atoms with E-state index in [1.807, 2.05) is 58.0 Å². The monoisotopic (exact) mass is 472 g/mol. The smallest absolute Gasteiger partial charge is 0.199 e. The third-order valence-electron chi connectivity index (χ3n) is 5.33. The number of aromatic nitrogens is 5. The molecule has 5 aromatic rings. The molecule has 0 aliphatic carbocycles. The molecular formula is C25H24N6S2. The van der Waals surface area contributed by atoms with E-state index >= 15 is 0 Å². The summed E-state index contributed by atoms with van der Waals surface area (Å²) in [7, 11) is 2.07. The average molecular weight is 473 g/mol. The van der Waals surface area contributed by atoms with Crippen molar-refractivity contribution < 1.29 is 0 Å². The summed E-state index contributed by atoms with van der Waals surface area (Å²) in [6, 6.07) is 24.6. The van der Waals surface area contributed by atoms with Crippen LogP contribution >= 0.6 is 23.6 Å². The highest BCUT2D eigenvalue weighted by molar-refractivity contribution is 7.71. The zero-order chi connectivity index (χ0) is 22.6. The van der Waals surface area contributed by atoms with Gasteiger partial charge in [0.05, 0.1) is 30.0 Å². The maximum Gasteiger partial charge on any atom is 0.199 e. The number of rotatable bonds is 8. The molecule has 8 heteroatoms. The summed E-state index contributed by atoms with van der Waals surface area (Å²) >= 11 is 7.54. The lowest BCUT2D eigenvalue weighted by Gasteiger charge is -2.15. The first kappa shape index (κ1) is 21.5. The summed E-state index contributed by atoms with van der Waals surface area (Å²) in [5.74, 6) is 0.907. The second kappa shape index (κ2) is 9.66. The highest BCUT2D eigenvalue weighted by atomic mass is 32.1. The molecule has 0 bridgehead atoms. The lowest BCUT2D eigenvalue weighted by molar-refractivity contribution is 0.244. The van der Waals surface area contributed by atoms with Crippen molar-refractivity contribution in [3.8, 4) is 16.4 Å². The largest absolute Gasteiger partial charge is 0.295 e. The fraction of sp³-hybridized carbons (Fsp3) is 0.160. The van der Waals surface area contributed by atoms with E-state index in [4.69, 9.17) is 17.3 Å². The molecule has 0 N–H and O–H groups in total. The first-order chi connectivity index (χ1) is 16.2. The topological polar surface area (TPSA) is 43.8 Å². The van der Waals surface area contributed by atoms with E-state index in [-0.39, 0.29) is 0 Å². The number of para-hydroxylation sites is 1. The Morgan fingerprint density at radius 2 is 1.70 bits per heavy atom. The Bertz CT molecular complexity index is 1370. The minimum atomic E-state index is 0.593. The highest BCUT2D eigenvalue weighted by Gasteiger charge is 2.15. The van der Waals surface area contributed by atoms with Crippen LogP contribution in [0.4, 0.5) is 0 Å². The van der Waals surface area contributed by atoms with E-state index in [1.54, 1.807) is 11.3 Å². The maximum absolute atomic E-state index is 5.86. The number of nitrogens with zero attached hydrogens (tertiary/aromatic N) is 6. The normalized spacial score (nSPS) is 11.3. The summed E-state index contributed by atoms with van der Waals surface area (Å²) < 4.78 is 6.65. The van der Waals surface area contributed by atoms with Crippen LogP contribution in [0.3, 0.4) is 0 Å². The van der Waals surface area contributed by atoms with Crippen molar-refractivity contribution in [1.82, 2.24) is 29.0 Å². The van der Waals surface area contributed by atoms with Gasteiger partial charge in [-0.2, -0.15) is 5.10 Å². The van der Waals surface area contributed by atoms with Crippen LogP contribution in [0.1, 0.15) is 11.1 Å². The van der Waals surface area contributed by atoms with Crippen LogP contribution in [-0.2, 0) is 19.8 Å². The minimum Gasteiger partial charge on any atom is -0.295 e. The zero-order valence-corrected chi connectivity index (χ0v) is 19.9. The Morgan fingerprint density at radius 3 is 2.42 bits per heavy atom. The molecule has 0 aliphatic heterocycles. The minimum absolute atomic E-state index is 0.593. The molecule has 0 radical (unpaired) electrons. The van der Waals surface area contributed by atoms with Crippen LogP contribution in [0.25, 0.3) is 16.4 Å². The molecule has 0 atom stereocenters. The van der Waals surface area contributed by atoms with Crippen LogP contribution in [0.5, 0.6) is 0 Å². The van der Waals surface area contributed by atoms with E-state index in [0.29, 0.717) is 18.0 Å². The quantitative estimate of drug-likeness (QED) is 0.281. The molecule has 0 fully saturated rings. The lowest BCUT2D eigenvalue weighted by Crippen LogP contribution is -2.22. The predicted molar refractivity (Wildman–Crippen MR) is 135 cm³/mol. The van der Waals surface area contributed by atoms with Crippen molar-refractivity contribution in [2.24, 2.45) is 0 Å². The van der Waals surface area contributed by atoms with Gasteiger partial charge >= 0.3 is 0 Å². The molecule has 0 aliphatic rings. The zero-order valence-electron chi connectivity index (χ0n) is 18.3. The van der Waals surface area contributed by atoms with Gasteiger partial charge in [-0.3, -0.25) is 9.47 Å². The van der Waals surface area contributed by atoms with Crippen LogP contribution in [0, 0.1) is 4.77 Å². The van der Waals surface area contributed by atoms with E-state index in [2.05, 4.69) is 63.5 Å². The van der Waals surface area contributed by atoms with E-state index in [1.165, 1.54) is 5.56 Å². The summed E-state index contributed by atoms with van der Waals surface area (Å²) in [4.78, 5) is 3.31. The third kappa shape index (κ3) is 4.88. The summed E-state index contributed by atoms with van der Waals surface area (Å²) in [5.41, 5.74) is 3.39. The van der Waals surface area contributed by atoms with Crippen LogP contribution < -0.4 is 0 Å². The molecule has 0 amide bonds. The third-order valence-corrected chi connectivity index (χ3v) is 6.63. The first-order valence-corrected chi connectivity index (χ1v) is 12.0. The summed E-state index contributed by atoms with van der Waals surface area (Å²) in [6.07, 6.45) is 3.98. The van der Waals surface area contributed by atoms with Gasteiger partial charge in [0.15, 0.2) is 10.6 Å². The molecule has 6 nitrogen and oxygen atoms in total. The van der Waals surface area contributed by atoms with Gasteiger partial charge in [0.25, 0.3) is 0 Å². The molecule has 2 aromatic carbocycles. The van der Waals surface area contributed by atoms with Crippen LogP contribution in [-0.4, -0.2) is 36.1 Å². The van der Waals surface area contributed by atoms with Crippen molar-refractivity contribution >= 4 is 23.6 Å². The predicted octanol–water partition coefficient (Wildman–Crippen LogP) is 5.47. The molecule has 3 heterocycles. The van der Waals surface area contributed by atoms with Gasteiger partial charge in [0.2, 0.25) is 0 Å². The van der Waals surface area contributed by atoms with Crippen molar-refractivity contribution in [2.75, 3.05) is 7.05 Å². The molecule has 0 saturated heterocycles. The maximum atomic E-state index is 5.86. The van der Waals surface area contributed by atoms with Crippen molar-refractivity contribution in [1.29, 1.82) is 0 Å². The first-order valence-electron chi connectivity index (χ1n) is 10.7. The lowest BCUT2D eigenvalue weighted by atomic mass is 10.2. The number of thiophene rings is 1. The summed E-state index contributed by atoms with van der Waals surface area (Å²) in [5, 5.41) is 11.5. The number of benzene rings is 2. The second-order valence-electron chi connectivity index (χ2n) is 7.94. The number of hydrogen-bond acceptors (Lipinski definition) is 5. The standard InChI is InChI=1S/C25H24N6S2/c1-28(16-21-15-26-30(18-21)22-11-6-3-7-12-22)19-31-25(32)29(17-20-9-4-2-5-10-20)24(27-31)23-13-8-14-33-23/h2-15,18H,16-17,19H2,1H3. The Hall–Kier alpha value is -3.33. The Balaban J connectivity index is 1.36. The van der Waals surface area contributed by atoms with Gasteiger partial charge in [-0.05, 0) is 48.4 Å². The van der Waals surface area contributed by atoms with Gasteiger partial charge in [-0.1, -0.05) is 54.6 Å². The fourth-order valence-corrected chi connectivity index (χ4v) is 4.75. The molecule has 33 heavy (non-hydrogen) atoms. The van der Waals surface area contributed by atoms with Crippen molar-refractivity contribution in [3.63, 3.8) is 0 Å². The molecule has 5 rings (SSSR count). The van der Waals surface area contributed by atoms with Gasteiger partial charge in [-0.15, -0.1) is 16.4 Å². The molecule has 166 valence electrons. The van der Waals surface area contributed by atoms with Gasteiger partial charge < -0.3 is 0 Å². The van der Waals surface area contributed by atoms with Crippen LogP contribution in [0.2, 0.25) is 0 Å². The fourth-order valence-electron chi connectivity index (χ4n) is 3.78. The summed E-state index contributed by atoms with van der Waals surface area (Å²) in [6.45, 7) is 2.03. The van der Waals surface area contributed by atoms with E-state index in [0.717, 1.165) is 28.5 Å².